The fraction of sp³-hybridized carbons (Fsp3) is 0.143. The Labute approximate surface area is 119 Å². The highest BCUT2D eigenvalue weighted by molar-refractivity contribution is 5.93. The number of nitrogens with one attached hydrogen (secondary N) is 1. The second-order valence-electron chi connectivity index (χ2n) is 4.52. The van der Waals surface area contributed by atoms with Gasteiger partial charge in [-0.2, -0.15) is 0 Å². The number of aromatic nitrogens is 3. The highest BCUT2D eigenvalue weighted by Gasteiger charge is 2.13. The molecule has 0 aromatic carbocycles. The van der Waals surface area contributed by atoms with Crippen molar-refractivity contribution in [1.82, 2.24) is 19.9 Å². The molecule has 0 saturated heterocycles. The van der Waals surface area contributed by atoms with Crippen LogP contribution < -0.4 is 10.9 Å². The largest absolute Gasteiger partial charge is 0.359 e. The standard InChI is InChI=1S/C14H12N4O3/c1-9-6-10(21-17-9)7-16-13(19)11-8-15-12-4-2-3-5-18(12)14(11)20/h2-6,8H,7H2,1H3,(H,16,19). The summed E-state index contributed by atoms with van der Waals surface area (Å²) in [6, 6.07) is 6.88. The zero-order valence-electron chi connectivity index (χ0n) is 11.2. The van der Waals surface area contributed by atoms with Gasteiger partial charge in [-0.05, 0) is 19.1 Å². The minimum atomic E-state index is -0.500. The predicted molar refractivity (Wildman–Crippen MR) is 73.9 cm³/mol. The summed E-state index contributed by atoms with van der Waals surface area (Å²) < 4.78 is 6.31. The molecular weight excluding hydrogens is 272 g/mol. The molecule has 1 N–H and O–H groups in total. The Morgan fingerprint density at radius 3 is 3.05 bits per heavy atom. The lowest BCUT2D eigenvalue weighted by Gasteiger charge is -2.04. The Hall–Kier alpha value is -2.96. The lowest BCUT2D eigenvalue weighted by Crippen LogP contribution is -2.31. The molecule has 0 aliphatic carbocycles. The van der Waals surface area contributed by atoms with Gasteiger partial charge in [-0.25, -0.2) is 4.98 Å². The van der Waals surface area contributed by atoms with Crippen molar-refractivity contribution in [3.63, 3.8) is 0 Å². The molecule has 0 spiro atoms. The second-order valence-corrected chi connectivity index (χ2v) is 4.52. The first-order chi connectivity index (χ1) is 10.1. The van der Waals surface area contributed by atoms with Crippen molar-refractivity contribution in [2.75, 3.05) is 0 Å². The van der Waals surface area contributed by atoms with Gasteiger partial charge in [0.05, 0.1) is 12.2 Å². The first-order valence-corrected chi connectivity index (χ1v) is 6.32. The summed E-state index contributed by atoms with van der Waals surface area (Å²) in [4.78, 5) is 28.4. The van der Waals surface area contributed by atoms with Gasteiger partial charge < -0.3 is 9.84 Å². The van der Waals surface area contributed by atoms with Crippen molar-refractivity contribution in [2.45, 2.75) is 13.5 Å². The number of carbonyl (C=O) groups is 1. The molecule has 21 heavy (non-hydrogen) atoms. The third kappa shape index (κ3) is 2.53. The average molecular weight is 284 g/mol. The van der Waals surface area contributed by atoms with Crippen molar-refractivity contribution < 1.29 is 9.32 Å². The molecule has 0 atom stereocenters. The number of nitrogens with zero attached hydrogens (tertiary/aromatic N) is 3. The predicted octanol–water partition coefficient (Wildman–Crippen LogP) is 0.921. The van der Waals surface area contributed by atoms with Gasteiger partial charge in [-0.15, -0.1) is 0 Å². The molecule has 7 heteroatoms. The molecule has 3 rings (SSSR count). The quantitative estimate of drug-likeness (QED) is 0.772. The number of carbonyl (C=O) groups excluding carboxylic acids is 1. The monoisotopic (exact) mass is 284 g/mol. The third-order valence-corrected chi connectivity index (χ3v) is 2.96. The molecule has 0 saturated carbocycles. The molecule has 3 aromatic rings. The van der Waals surface area contributed by atoms with E-state index in [9.17, 15) is 9.59 Å². The Kier molecular flexibility index (Phi) is 3.23. The van der Waals surface area contributed by atoms with Crippen LogP contribution in [-0.4, -0.2) is 20.4 Å². The molecular formula is C14H12N4O3. The maximum Gasteiger partial charge on any atom is 0.270 e. The summed E-state index contributed by atoms with van der Waals surface area (Å²) in [5, 5.41) is 6.33. The molecule has 0 aliphatic rings. The number of pyridine rings is 1. The van der Waals surface area contributed by atoms with Crippen molar-refractivity contribution in [3.05, 3.63) is 64.0 Å². The fourth-order valence-electron chi connectivity index (χ4n) is 1.94. The molecule has 0 unspecified atom stereocenters. The van der Waals surface area contributed by atoms with Gasteiger partial charge in [0.15, 0.2) is 5.76 Å². The maximum atomic E-state index is 12.2. The van der Waals surface area contributed by atoms with Crippen LogP contribution in [0, 0.1) is 6.92 Å². The summed E-state index contributed by atoms with van der Waals surface area (Å²) >= 11 is 0. The average Bonchev–Trinajstić information content (AvgIpc) is 2.91. The van der Waals surface area contributed by atoms with Crippen molar-refractivity contribution in [3.8, 4) is 0 Å². The number of aryl methyl sites for hydroxylation is 1. The van der Waals surface area contributed by atoms with Gasteiger partial charge in [0.25, 0.3) is 11.5 Å². The smallest absolute Gasteiger partial charge is 0.270 e. The zero-order chi connectivity index (χ0) is 14.8. The molecule has 1 amide bonds. The fourth-order valence-corrected chi connectivity index (χ4v) is 1.94. The lowest BCUT2D eigenvalue weighted by molar-refractivity contribution is 0.0945. The number of hydrogen-bond acceptors (Lipinski definition) is 5. The van der Waals surface area contributed by atoms with Crippen molar-refractivity contribution in [1.29, 1.82) is 0 Å². The van der Waals surface area contributed by atoms with E-state index in [2.05, 4.69) is 15.5 Å². The van der Waals surface area contributed by atoms with E-state index >= 15 is 0 Å². The summed E-state index contributed by atoms with van der Waals surface area (Å²) in [6.07, 6.45) is 2.85. The van der Waals surface area contributed by atoms with Crippen molar-refractivity contribution in [2.24, 2.45) is 0 Å². The lowest BCUT2D eigenvalue weighted by atomic mass is 10.3. The molecule has 3 aromatic heterocycles. The summed E-state index contributed by atoms with van der Waals surface area (Å²) in [5.74, 6) is 0.0227. The Bertz CT molecular complexity index is 866. The molecule has 0 fully saturated rings. The molecule has 3 heterocycles. The zero-order valence-corrected chi connectivity index (χ0v) is 11.2. The summed E-state index contributed by atoms with van der Waals surface area (Å²) in [6.45, 7) is 1.95. The minimum Gasteiger partial charge on any atom is -0.359 e. The second kappa shape index (κ2) is 5.20. The van der Waals surface area contributed by atoms with Gasteiger partial charge >= 0.3 is 0 Å². The molecule has 0 aliphatic heterocycles. The van der Waals surface area contributed by atoms with E-state index < -0.39 is 11.5 Å². The Morgan fingerprint density at radius 2 is 2.29 bits per heavy atom. The topological polar surface area (TPSA) is 89.5 Å². The van der Waals surface area contributed by atoms with Gasteiger partial charge in [0, 0.05) is 18.5 Å². The SMILES string of the molecule is Cc1cc(CNC(=O)c2cnc3ccccn3c2=O)on1. The molecule has 7 nitrogen and oxygen atoms in total. The van der Waals surface area contributed by atoms with E-state index in [1.807, 2.05) is 0 Å². The van der Waals surface area contributed by atoms with Gasteiger partial charge in [-0.1, -0.05) is 11.2 Å². The van der Waals surface area contributed by atoms with E-state index in [-0.39, 0.29) is 12.1 Å². The number of hydrogen-bond donors (Lipinski definition) is 1. The maximum absolute atomic E-state index is 12.2. The van der Waals surface area contributed by atoms with Crippen molar-refractivity contribution >= 4 is 11.6 Å². The van der Waals surface area contributed by atoms with Crippen LogP contribution in [0.5, 0.6) is 0 Å². The van der Waals surface area contributed by atoms with E-state index in [0.29, 0.717) is 11.4 Å². The molecule has 0 radical (unpaired) electrons. The van der Waals surface area contributed by atoms with E-state index in [1.54, 1.807) is 37.4 Å². The van der Waals surface area contributed by atoms with Gasteiger partial charge in [-0.3, -0.25) is 14.0 Å². The van der Waals surface area contributed by atoms with Crippen LogP contribution in [0.3, 0.4) is 0 Å². The minimum absolute atomic E-state index is 0.0186. The number of rotatable bonds is 3. The number of fused-ring (bicyclic) bond motifs is 1. The Morgan fingerprint density at radius 1 is 1.43 bits per heavy atom. The van der Waals surface area contributed by atoms with E-state index in [1.165, 1.54) is 10.6 Å². The van der Waals surface area contributed by atoms with Crippen LogP contribution in [0.2, 0.25) is 0 Å². The van der Waals surface area contributed by atoms with Crippen LogP contribution in [0.4, 0.5) is 0 Å². The molecule has 0 bridgehead atoms. The molecule has 106 valence electrons. The highest BCUT2D eigenvalue weighted by Crippen LogP contribution is 2.02. The van der Waals surface area contributed by atoms with Gasteiger partial charge in [0.1, 0.15) is 11.2 Å². The van der Waals surface area contributed by atoms with Crippen LogP contribution in [-0.2, 0) is 6.54 Å². The van der Waals surface area contributed by atoms with Gasteiger partial charge in [0.2, 0.25) is 0 Å². The van der Waals surface area contributed by atoms with Crippen LogP contribution >= 0.6 is 0 Å². The van der Waals surface area contributed by atoms with Crippen LogP contribution in [0.15, 0.2) is 46.0 Å². The highest BCUT2D eigenvalue weighted by atomic mass is 16.5. The Balaban J connectivity index is 1.84. The van der Waals surface area contributed by atoms with Crippen LogP contribution in [0.25, 0.3) is 5.65 Å². The normalized spacial score (nSPS) is 10.7. The third-order valence-electron chi connectivity index (χ3n) is 2.96. The van der Waals surface area contributed by atoms with E-state index in [0.717, 1.165) is 5.69 Å². The number of amides is 1. The first-order valence-electron chi connectivity index (χ1n) is 6.32. The van der Waals surface area contributed by atoms with E-state index in [4.69, 9.17) is 4.52 Å². The summed E-state index contributed by atoms with van der Waals surface area (Å²) in [7, 11) is 0. The summed E-state index contributed by atoms with van der Waals surface area (Å²) in [5.41, 5.74) is 0.790. The first kappa shape index (κ1) is 13.0. The van der Waals surface area contributed by atoms with Crippen LogP contribution in [0.1, 0.15) is 21.8 Å².